The quantitative estimate of drug-likeness (QED) is 0.604. The molecule has 4 rings (SSSR count). The van der Waals surface area contributed by atoms with Crippen LogP contribution in [0.25, 0.3) is 0 Å². The molecule has 0 aliphatic heterocycles. The van der Waals surface area contributed by atoms with E-state index in [1.165, 1.54) is 6.07 Å². The van der Waals surface area contributed by atoms with Crippen molar-refractivity contribution in [3.8, 4) is 11.6 Å². The van der Waals surface area contributed by atoms with Crippen molar-refractivity contribution in [2.24, 2.45) is 11.7 Å². The molecule has 3 heterocycles. The number of aryl methyl sites for hydroxylation is 1. The van der Waals surface area contributed by atoms with E-state index in [4.69, 9.17) is 15.2 Å². The molecule has 2 unspecified atom stereocenters. The summed E-state index contributed by atoms with van der Waals surface area (Å²) in [6.45, 7) is 2.72. The molecule has 1 aliphatic carbocycles. The summed E-state index contributed by atoms with van der Waals surface area (Å²) in [6.07, 6.45) is -1.00. The van der Waals surface area contributed by atoms with E-state index in [0.29, 0.717) is 18.9 Å². The zero-order chi connectivity index (χ0) is 22.4. The molecule has 0 amide bonds. The fourth-order valence-electron chi connectivity index (χ4n) is 2.70. The first-order chi connectivity index (χ1) is 14.8. The average molecular weight is 454 g/mol. The summed E-state index contributed by atoms with van der Waals surface area (Å²) < 4.78 is 48.0. The Bertz CT molecular complexity index is 983. The number of halogens is 3. The van der Waals surface area contributed by atoms with Gasteiger partial charge in [0.05, 0.1) is 19.9 Å². The van der Waals surface area contributed by atoms with Crippen molar-refractivity contribution in [1.82, 2.24) is 25.1 Å². The SMILES string of the molecule is COc1ccc(C2CC2COc2ccnc(C(F)(F)F)n2)nc1.Cc1nnc(CN)s1. The van der Waals surface area contributed by atoms with Crippen LogP contribution in [0.15, 0.2) is 30.6 Å². The van der Waals surface area contributed by atoms with Gasteiger partial charge in [0.1, 0.15) is 15.8 Å². The molecule has 0 radical (unpaired) electrons. The van der Waals surface area contributed by atoms with Gasteiger partial charge in [-0.1, -0.05) is 0 Å². The van der Waals surface area contributed by atoms with Crippen LogP contribution in [-0.2, 0) is 12.7 Å². The Morgan fingerprint density at radius 1 is 1.19 bits per heavy atom. The zero-order valence-electron chi connectivity index (χ0n) is 16.8. The van der Waals surface area contributed by atoms with Crippen LogP contribution in [0, 0.1) is 12.8 Å². The normalized spacial score (nSPS) is 17.5. The number of rotatable bonds is 6. The van der Waals surface area contributed by atoms with Crippen molar-refractivity contribution in [1.29, 1.82) is 0 Å². The van der Waals surface area contributed by atoms with Gasteiger partial charge in [-0.25, -0.2) is 4.98 Å². The maximum Gasteiger partial charge on any atom is 0.451 e. The summed E-state index contributed by atoms with van der Waals surface area (Å²) in [5, 5.41) is 9.44. The van der Waals surface area contributed by atoms with E-state index in [1.807, 2.05) is 19.1 Å². The molecule has 1 saturated carbocycles. The monoisotopic (exact) mass is 454 g/mol. The highest BCUT2D eigenvalue weighted by Gasteiger charge is 2.40. The molecule has 2 N–H and O–H groups in total. The summed E-state index contributed by atoms with van der Waals surface area (Å²) >= 11 is 1.54. The number of aromatic nitrogens is 5. The molecule has 3 aromatic rings. The molecule has 0 saturated heterocycles. The van der Waals surface area contributed by atoms with Gasteiger partial charge in [-0.2, -0.15) is 18.2 Å². The Morgan fingerprint density at radius 2 is 2.00 bits per heavy atom. The largest absolute Gasteiger partial charge is 0.495 e. The maximum atomic E-state index is 12.5. The van der Waals surface area contributed by atoms with Crippen LogP contribution in [0.4, 0.5) is 13.2 Å². The number of methoxy groups -OCH3 is 1. The van der Waals surface area contributed by atoms with Gasteiger partial charge in [0.15, 0.2) is 0 Å². The van der Waals surface area contributed by atoms with Crippen LogP contribution in [0.3, 0.4) is 0 Å². The number of pyridine rings is 1. The highest BCUT2D eigenvalue weighted by atomic mass is 32.1. The third-order valence-corrected chi connectivity index (χ3v) is 5.23. The van der Waals surface area contributed by atoms with Gasteiger partial charge in [0.2, 0.25) is 11.7 Å². The van der Waals surface area contributed by atoms with Crippen molar-refractivity contribution < 1.29 is 22.6 Å². The van der Waals surface area contributed by atoms with E-state index in [2.05, 4.69) is 25.1 Å². The number of hydrogen-bond acceptors (Lipinski definition) is 9. The molecule has 31 heavy (non-hydrogen) atoms. The first kappa shape index (κ1) is 22.8. The Hall–Kier alpha value is -2.86. The van der Waals surface area contributed by atoms with Gasteiger partial charge < -0.3 is 15.2 Å². The summed E-state index contributed by atoms with van der Waals surface area (Å²) in [5.74, 6) is -0.104. The summed E-state index contributed by atoms with van der Waals surface area (Å²) in [5.41, 5.74) is 6.20. The van der Waals surface area contributed by atoms with Crippen molar-refractivity contribution in [3.63, 3.8) is 0 Å². The molecule has 1 fully saturated rings. The third kappa shape index (κ3) is 6.56. The Balaban J connectivity index is 0.000000287. The summed E-state index contributed by atoms with van der Waals surface area (Å²) in [7, 11) is 1.57. The second-order valence-corrected chi connectivity index (χ2v) is 7.94. The van der Waals surface area contributed by atoms with E-state index < -0.39 is 12.0 Å². The van der Waals surface area contributed by atoms with Gasteiger partial charge in [0.25, 0.3) is 0 Å². The number of hydrogen-bond donors (Lipinski definition) is 1. The maximum absolute atomic E-state index is 12.5. The van der Waals surface area contributed by atoms with Crippen molar-refractivity contribution in [2.75, 3.05) is 13.7 Å². The Labute approximate surface area is 180 Å². The minimum atomic E-state index is -4.57. The van der Waals surface area contributed by atoms with Crippen LogP contribution in [0.1, 0.15) is 33.9 Å². The number of nitrogens with two attached hydrogens (primary N) is 1. The average Bonchev–Trinajstić information content (AvgIpc) is 3.43. The number of nitrogens with zero attached hydrogens (tertiary/aromatic N) is 5. The predicted molar refractivity (Wildman–Crippen MR) is 107 cm³/mol. The summed E-state index contributed by atoms with van der Waals surface area (Å²) in [4.78, 5) is 10.9. The van der Waals surface area contributed by atoms with E-state index >= 15 is 0 Å². The molecule has 8 nitrogen and oxygen atoms in total. The summed E-state index contributed by atoms with van der Waals surface area (Å²) in [6, 6.07) is 5.03. The lowest BCUT2D eigenvalue weighted by Crippen LogP contribution is -2.12. The van der Waals surface area contributed by atoms with Gasteiger partial charge >= 0.3 is 6.18 Å². The molecule has 2 atom stereocenters. The van der Waals surface area contributed by atoms with E-state index in [0.717, 1.165) is 28.3 Å². The van der Waals surface area contributed by atoms with Gasteiger partial charge in [-0.15, -0.1) is 21.5 Å². The molecule has 0 bridgehead atoms. The van der Waals surface area contributed by atoms with Crippen molar-refractivity contribution >= 4 is 11.3 Å². The third-order valence-electron chi connectivity index (χ3n) is 4.37. The Kier molecular flexibility index (Phi) is 7.33. The van der Waals surface area contributed by atoms with E-state index in [1.54, 1.807) is 24.6 Å². The van der Waals surface area contributed by atoms with Crippen molar-refractivity contribution in [2.45, 2.75) is 32.0 Å². The molecule has 0 spiro atoms. The smallest absolute Gasteiger partial charge is 0.451 e. The van der Waals surface area contributed by atoms with Gasteiger partial charge in [-0.05, 0) is 25.5 Å². The van der Waals surface area contributed by atoms with Gasteiger partial charge in [0, 0.05) is 36.3 Å². The number of ether oxygens (including phenoxy) is 2. The van der Waals surface area contributed by atoms with Crippen molar-refractivity contribution in [3.05, 3.63) is 52.1 Å². The molecular weight excluding hydrogens is 433 g/mol. The van der Waals surface area contributed by atoms with Gasteiger partial charge in [-0.3, -0.25) is 4.98 Å². The van der Waals surface area contributed by atoms with Crippen LogP contribution < -0.4 is 15.2 Å². The second-order valence-electron chi connectivity index (χ2n) is 6.67. The lowest BCUT2D eigenvalue weighted by molar-refractivity contribution is -0.145. The molecule has 1 aliphatic rings. The molecule has 0 aromatic carbocycles. The van der Waals surface area contributed by atoms with Crippen LogP contribution >= 0.6 is 11.3 Å². The first-order valence-corrected chi connectivity index (χ1v) is 10.1. The lowest BCUT2D eigenvalue weighted by atomic mass is 10.2. The predicted octanol–water partition coefficient (Wildman–Crippen LogP) is 3.39. The highest BCUT2D eigenvalue weighted by Crippen LogP contribution is 2.46. The van der Waals surface area contributed by atoms with Crippen LogP contribution in [0.2, 0.25) is 0 Å². The highest BCUT2D eigenvalue weighted by molar-refractivity contribution is 7.11. The Morgan fingerprint density at radius 3 is 2.55 bits per heavy atom. The minimum Gasteiger partial charge on any atom is -0.495 e. The fraction of sp³-hybridized carbons (Fsp3) is 0.421. The van der Waals surface area contributed by atoms with E-state index in [-0.39, 0.29) is 17.7 Å². The standard InChI is InChI=1S/C15H14F3N3O2.C4H7N3S/c1-22-10-2-3-12(20-7-10)11-6-9(11)8-23-13-4-5-19-14(21-13)15(16,17)18;1-3-6-7-4(2-5)8-3/h2-5,7,9,11H,6,8H2,1H3;2,5H2,1H3. The number of alkyl halides is 3. The first-order valence-electron chi connectivity index (χ1n) is 9.32. The molecular formula is C19H21F3N6O2S. The van der Waals surface area contributed by atoms with Crippen LogP contribution in [-0.4, -0.2) is 38.9 Å². The zero-order valence-corrected chi connectivity index (χ0v) is 17.7. The van der Waals surface area contributed by atoms with E-state index in [9.17, 15) is 13.2 Å². The molecule has 166 valence electrons. The second kappa shape index (κ2) is 9.96. The van der Waals surface area contributed by atoms with Crippen LogP contribution in [0.5, 0.6) is 11.6 Å². The molecule has 12 heteroatoms. The lowest BCUT2D eigenvalue weighted by Gasteiger charge is -2.08. The molecule has 3 aromatic heterocycles. The fourth-order valence-corrected chi connectivity index (χ4v) is 3.29. The minimum absolute atomic E-state index is 0.0688. The topological polar surface area (TPSA) is 109 Å².